The second-order valence-corrected chi connectivity index (χ2v) is 6.61. The molecule has 0 heterocycles. The lowest BCUT2D eigenvalue weighted by Crippen LogP contribution is -2.27. The molecule has 0 aliphatic heterocycles. The van der Waals surface area contributed by atoms with Crippen molar-refractivity contribution in [1.29, 1.82) is 0 Å². The molecular formula is C16H23NOS. The van der Waals surface area contributed by atoms with Gasteiger partial charge in [-0.25, -0.2) is 0 Å². The Morgan fingerprint density at radius 2 is 2.00 bits per heavy atom. The lowest BCUT2D eigenvalue weighted by atomic mass is 10.0. The summed E-state index contributed by atoms with van der Waals surface area (Å²) in [5.41, 5.74) is 1.84. The van der Waals surface area contributed by atoms with Crippen LogP contribution in [0.5, 0.6) is 0 Å². The Labute approximate surface area is 120 Å². The van der Waals surface area contributed by atoms with Crippen molar-refractivity contribution in [2.75, 3.05) is 12.3 Å². The predicted molar refractivity (Wildman–Crippen MR) is 82.8 cm³/mol. The molecule has 1 amide bonds. The van der Waals surface area contributed by atoms with E-state index in [2.05, 4.69) is 5.32 Å². The quantitative estimate of drug-likeness (QED) is 0.830. The fourth-order valence-electron chi connectivity index (χ4n) is 2.54. The molecule has 0 saturated heterocycles. The van der Waals surface area contributed by atoms with Crippen LogP contribution in [0.3, 0.4) is 0 Å². The molecule has 1 aliphatic carbocycles. The van der Waals surface area contributed by atoms with Gasteiger partial charge in [-0.1, -0.05) is 37.5 Å². The van der Waals surface area contributed by atoms with Gasteiger partial charge in [0.25, 0.3) is 5.91 Å². The highest BCUT2D eigenvalue weighted by Gasteiger charge is 2.13. The zero-order valence-electron chi connectivity index (χ0n) is 11.7. The second-order valence-electron chi connectivity index (χ2n) is 5.20. The van der Waals surface area contributed by atoms with E-state index in [1.54, 1.807) is 0 Å². The smallest absolute Gasteiger partial charge is 0.251 e. The number of carbonyl (C=O) groups is 1. The van der Waals surface area contributed by atoms with Crippen LogP contribution in [0.25, 0.3) is 0 Å². The van der Waals surface area contributed by atoms with Crippen LogP contribution in [0.15, 0.2) is 24.3 Å². The largest absolute Gasteiger partial charge is 0.351 e. The van der Waals surface area contributed by atoms with Crippen LogP contribution < -0.4 is 5.32 Å². The number of aryl methyl sites for hydroxylation is 1. The lowest BCUT2D eigenvalue weighted by molar-refractivity contribution is 0.0955. The number of amides is 1. The van der Waals surface area contributed by atoms with Gasteiger partial charge in [-0.05, 0) is 31.4 Å². The van der Waals surface area contributed by atoms with Gasteiger partial charge in [-0.3, -0.25) is 4.79 Å². The molecule has 0 aromatic heterocycles. The number of rotatable bonds is 5. The standard InChI is InChI=1S/C16H23NOS/c1-13-7-5-6-10-15(13)16(18)17-11-12-19-14-8-3-2-4-9-14/h5-7,10,14H,2-4,8-9,11-12H2,1H3,(H,17,18). The van der Waals surface area contributed by atoms with E-state index < -0.39 is 0 Å². The summed E-state index contributed by atoms with van der Waals surface area (Å²) in [6, 6.07) is 7.74. The van der Waals surface area contributed by atoms with Gasteiger partial charge in [0.1, 0.15) is 0 Å². The molecule has 1 fully saturated rings. The summed E-state index contributed by atoms with van der Waals surface area (Å²) >= 11 is 2.02. The fraction of sp³-hybridized carbons (Fsp3) is 0.562. The van der Waals surface area contributed by atoms with Gasteiger partial charge in [-0.15, -0.1) is 0 Å². The van der Waals surface area contributed by atoms with Crippen LogP contribution in [0, 0.1) is 6.92 Å². The van der Waals surface area contributed by atoms with Crippen LogP contribution in [-0.2, 0) is 0 Å². The molecule has 2 nitrogen and oxygen atoms in total. The monoisotopic (exact) mass is 277 g/mol. The van der Waals surface area contributed by atoms with Gasteiger partial charge >= 0.3 is 0 Å². The van der Waals surface area contributed by atoms with Gasteiger partial charge in [0, 0.05) is 23.1 Å². The second kappa shape index (κ2) is 7.59. The van der Waals surface area contributed by atoms with E-state index >= 15 is 0 Å². The van der Waals surface area contributed by atoms with Crippen LogP contribution in [0.2, 0.25) is 0 Å². The van der Waals surface area contributed by atoms with Gasteiger partial charge in [0.05, 0.1) is 0 Å². The van der Waals surface area contributed by atoms with Crippen LogP contribution >= 0.6 is 11.8 Å². The predicted octanol–water partition coefficient (Wildman–Crippen LogP) is 3.79. The minimum atomic E-state index is 0.0577. The number of hydrogen-bond acceptors (Lipinski definition) is 2. The summed E-state index contributed by atoms with van der Waals surface area (Å²) in [4.78, 5) is 12.0. The average Bonchev–Trinajstić information content (AvgIpc) is 2.45. The topological polar surface area (TPSA) is 29.1 Å². The molecule has 3 heteroatoms. The summed E-state index contributed by atoms with van der Waals surface area (Å²) in [5.74, 6) is 1.09. The summed E-state index contributed by atoms with van der Waals surface area (Å²) in [7, 11) is 0. The lowest BCUT2D eigenvalue weighted by Gasteiger charge is -2.20. The third-order valence-corrected chi connectivity index (χ3v) is 5.07. The molecule has 104 valence electrons. The normalized spacial score (nSPS) is 16.3. The maximum Gasteiger partial charge on any atom is 0.251 e. The van der Waals surface area contributed by atoms with E-state index in [0.717, 1.165) is 28.7 Å². The molecule has 0 unspecified atom stereocenters. The van der Waals surface area contributed by atoms with Crippen molar-refractivity contribution >= 4 is 17.7 Å². The van der Waals surface area contributed by atoms with E-state index in [1.165, 1.54) is 32.1 Å². The molecule has 1 aromatic carbocycles. The third kappa shape index (κ3) is 4.57. The maximum atomic E-state index is 12.0. The summed E-state index contributed by atoms with van der Waals surface area (Å²) in [5, 5.41) is 3.84. The third-order valence-electron chi connectivity index (χ3n) is 3.68. The first-order valence-corrected chi connectivity index (χ1v) is 8.27. The molecule has 0 atom stereocenters. The zero-order chi connectivity index (χ0) is 13.5. The van der Waals surface area contributed by atoms with Crippen molar-refractivity contribution < 1.29 is 4.79 Å². The van der Waals surface area contributed by atoms with E-state index in [1.807, 2.05) is 43.0 Å². The molecule has 0 spiro atoms. The number of thioether (sulfide) groups is 1. The first-order valence-electron chi connectivity index (χ1n) is 7.23. The Hall–Kier alpha value is -0.960. The number of carbonyl (C=O) groups excluding carboxylic acids is 1. The van der Waals surface area contributed by atoms with E-state index in [9.17, 15) is 4.79 Å². The molecule has 1 aliphatic rings. The van der Waals surface area contributed by atoms with Crippen molar-refractivity contribution in [2.24, 2.45) is 0 Å². The molecule has 2 rings (SSSR count). The first kappa shape index (κ1) is 14.4. The SMILES string of the molecule is Cc1ccccc1C(=O)NCCSC1CCCCC1. The summed E-state index contributed by atoms with van der Waals surface area (Å²) in [6.07, 6.45) is 6.88. The van der Waals surface area contributed by atoms with E-state index in [-0.39, 0.29) is 5.91 Å². The first-order chi connectivity index (χ1) is 9.27. The van der Waals surface area contributed by atoms with Crippen molar-refractivity contribution in [2.45, 2.75) is 44.3 Å². The Morgan fingerprint density at radius 1 is 1.26 bits per heavy atom. The van der Waals surface area contributed by atoms with Crippen molar-refractivity contribution in [3.05, 3.63) is 35.4 Å². The molecule has 1 aromatic rings. The highest BCUT2D eigenvalue weighted by molar-refractivity contribution is 7.99. The number of benzene rings is 1. The van der Waals surface area contributed by atoms with Gasteiger partial charge in [0.2, 0.25) is 0 Å². The highest BCUT2D eigenvalue weighted by atomic mass is 32.2. The van der Waals surface area contributed by atoms with Crippen molar-refractivity contribution in [1.82, 2.24) is 5.32 Å². The van der Waals surface area contributed by atoms with Crippen molar-refractivity contribution in [3.8, 4) is 0 Å². The highest BCUT2D eigenvalue weighted by Crippen LogP contribution is 2.27. The van der Waals surface area contributed by atoms with Gasteiger partial charge in [-0.2, -0.15) is 11.8 Å². The number of nitrogens with one attached hydrogen (secondary N) is 1. The minimum absolute atomic E-state index is 0.0577. The summed E-state index contributed by atoms with van der Waals surface area (Å²) in [6.45, 7) is 2.75. The molecular weight excluding hydrogens is 254 g/mol. The molecule has 1 N–H and O–H groups in total. The Balaban J connectivity index is 1.68. The molecule has 0 bridgehead atoms. The van der Waals surface area contributed by atoms with E-state index in [0.29, 0.717) is 0 Å². The van der Waals surface area contributed by atoms with Crippen LogP contribution in [0.1, 0.15) is 48.0 Å². The van der Waals surface area contributed by atoms with Crippen LogP contribution in [-0.4, -0.2) is 23.5 Å². The van der Waals surface area contributed by atoms with Gasteiger partial charge < -0.3 is 5.32 Å². The Bertz CT molecular complexity index is 413. The molecule has 19 heavy (non-hydrogen) atoms. The number of hydrogen-bond donors (Lipinski definition) is 1. The zero-order valence-corrected chi connectivity index (χ0v) is 12.5. The fourth-order valence-corrected chi connectivity index (χ4v) is 3.76. The van der Waals surface area contributed by atoms with Gasteiger partial charge in [0.15, 0.2) is 0 Å². The maximum absolute atomic E-state index is 12.0. The molecule has 1 saturated carbocycles. The van der Waals surface area contributed by atoms with E-state index in [4.69, 9.17) is 0 Å². The van der Waals surface area contributed by atoms with Crippen molar-refractivity contribution in [3.63, 3.8) is 0 Å². The Kier molecular flexibility index (Phi) is 5.77. The molecule has 0 radical (unpaired) electrons. The van der Waals surface area contributed by atoms with Crippen LogP contribution in [0.4, 0.5) is 0 Å². The minimum Gasteiger partial charge on any atom is -0.351 e. The average molecular weight is 277 g/mol. The summed E-state index contributed by atoms with van der Waals surface area (Å²) < 4.78 is 0. The Morgan fingerprint density at radius 3 is 2.74 bits per heavy atom.